The molecule has 1 aliphatic rings. The molecule has 1 unspecified atom stereocenters. The molecule has 2 rings (SSSR count). The summed E-state index contributed by atoms with van der Waals surface area (Å²) >= 11 is 12.6. The zero-order chi connectivity index (χ0) is 18.4. The van der Waals surface area contributed by atoms with E-state index in [1.807, 2.05) is 0 Å². The van der Waals surface area contributed by atoms with Crippen LogP contribution in [0, 0.1) is 0 Å². The minimum absolute atomic E-state index is 0.0365. The van der Waals surface area contributed by atoms with Gasteiger partial charge in [0.15, 0.2) is 6.04 Å². The molecule has 1 aromatic rings. The number of nitrogens with zero attached hydrogens (tertiary/aromatic N) is 3. The smallest absolute Gasteiger partial charge is 0.303 e. The molecule has 0 aliphatic carbocycles. The van der Waals surface area contributed by atoms with Gasteiger partial charge >= 0.3 is 5.97 Å². The van der Waals surface area contributed by atoms with Gasteiger partial charge < -0.3 is 10.4 Å². The quantitative estimate of drug-likeness (QED) is 0.756. The lowest BCUT2D eigenvalue weighted by molar-refractivity contribution is -0.137. The number of aliphatic carboxylic acids is 1. The molecule has 1 heterocycles. The van der Waals surface area contributed by atoms with E-state index in [1.54, 1.807) is 12.1 Å². The standard InChI is InChI=1S/C14H12Cl2N4O4S/c15-8-2-1-7(5-9(8)16)17-11(21)6-25-14-18-13(24)10(19-20-14)3-4-12(22)23/h1-2,5,10H,3-4,6H2,(H,17,21)(H,22,23). The summed E-state index contributed by atoms with van der Waals surface area (Å²) in [5, 5.41) is 19.5. The molecule has 2 N–H and O–H groups in total. The SMILES string of the molecule is O=C(O)CCC1N=NC(SCC(=O)Nc2ccc(Cl)c(Cl)c2)=NC1=O. The maximum absolute atomic E-state index is 11.9. The number of carbonyl (C=O) groups is 3. The Kier molecular flexibility index (Phi) is 6.91. The maximum Gasteiger partial charge on any atom is 0.303 e. The van der Waals surface area contributed by atoms with Gasteiger partial charge in [-0.1, -0.05) is 35.0 Å². The molecule has 0 bridgehead atoms. The van der Waals surface area contributed by atoms with E-state index >= 15 is 0 Å². The first kappa shape index (κ1) is 19.4. The van der Waals surface area contributed by atoms with Gasteiger partial charge in [0.2, 0.25) is 11.1 Å². The zero-order valence-electron chi connectivity index (χ0n) is 12.6. The molecule has 8 nitrogen and oxygen atoms in total. The topological polar surface area (TPSA) is 121 Å². The number of hydrogen-bond donors (Lipinski definition) is 2. The summed E-state index contributed by atoms with van der Waals surface area (Å²) in [6, 6.07) is 3.79. The Morgan fingerprint density at radius 1 is 1.28 bits per heavy atom. The van der Waals surface area contributed by atoms with Gasteiger partial charge in [-0.05, 0) is 24.6 Å². The molecule has 0 saturated heterocycles. The van der Waals surface area contributed by atoms with E-state index < -0.39 is 17.9 Å². The van der Waals surface area contributed by atoms with Crippen molar-refractivity contribution in [1.82, 2.24) is 0 Å². The van der Waals surface area contributed by atoms with Crippen LogP contribution in [0.15, 0.2) is 33.4 Å². The van der Waals surface area contributed by atoms with Crippen LogP contribution < -0.4 is 5.32 Å². The Morgan fingerprint density at radius 2 is 2.04 bits per heavy atom. The van der Waals surface area contributed by atoms with E-state index in [-0.39, 0.29) is 29.7 Å². The zero-order valence-corrected chi connectivity index (χ0v) is 14.9. The van der Waals surface area contributed by atoms with Crippen molar-refractivity contribution in [2.75, 3.05) is 11.1 Å². The average Bonchev–Trinajstić information content (AvgIpc) is 2.55. The van der Waals surface area contributed by atoms with E-state index in [0.29, 0.717) is 15.7 Å². The molecule has 1 atom stereocenters. The van der Waals surface area contributed by atoms with Crippen LogP contribution in [-0.4, -0.2) is 39.9 Å². The van der Waals surface area contributed by atoms with Crippen LogP contribution in [0.3, 0.4) is 0 Å². The highest BCUT2D eigenvalue weighted by Gasteiger charge is 2.23. The number of amidine groups is 1. The molecule has 0 fully saturated rings. The predicted octanol–water partition coefficient (Wildman–Crippen LogP) is 3.25. The van der Waals surface area contributed by atoms with Gasteiger partial charge in [-0.2, -0.15) is 10.1 Å². The van der Waals surface area contributed by atoms with Gasteiger partial charge in [0.05, 0.1) is 15.8 Å². The van der Waals surface area contributed by atoms with Crippen molar-refractivity contribution in [3.05, 3.63) is 28.2 Å². The normalized spacial score (nSPS) is 16.5. The first-order chi connectivity index (χ1) is 11.8. The number of halogens is 2. The summed E-state index contributed by atoms with van der Waals surface area (Å²) in [7, 11) is 0. The molecule has 2 amide bonds. The van der Waals surface area contributed by atoms with Crippen LogP contribution in [0.5, 0.6) is 0 Å². The Labute approximate surface area is 156 Å². The number of azo groups is 1. The lowest BCUT2D eigenvalue weighted by Gasteiger charge is -2.11. The van der Waals surface area contributed by atoms with Crippen LogP contribution in [0.1, 0.15) is 12.8 Å². The highest BCUT2D eigenvalue weighted by Crippen LogP contribution is 2.25. The van der Waals surface area contributed by atoms with Crippen molar-refractivity contribution in [2.45, 2.75) is 18.9 Å². The average molecular weight is 403 g/mol. The number of hydrogen-bond acceptors (Lipinski definition) is 6. The molecular weight excluding hydrogens is 391 g/mol. The largest absolute Gasteiger partial charge is 0.481 e. The Hall–Kier alpha value is -1.97. The van der Waals surface area contributed by atoms with Gasteiger partial charge in [-0.3, -0.25) is 14.4 Å². The highest BCUT2D eigenvalue weighted by molar-refractivity contribution is 8.14. The number of carboxylic acids is 1. The van der Waals surface area contributed by atoms with Crippen LogP contribution in [0.4, 0.5) is 5.69 Å². The molecule has 132 valence electrons. The van der Waals surface area contributed by atoms with Crippen LogP contribution >= 0.6 is 35.0 Å². The second-order valence-electron chi connectivity index (χ2n) is 4.86. The number of aliphatic imine (C=N–C) groups is 1. The molecule has 25 heavy (non-hydrogen) atoms. The van der Waals surface area contributed by atoms with Crippen LogP contribution in [-0.2, 0) is 14.4 Å². The van der Waals surface area contributed by atoms with Crippen molar-refractivity contribution in [2.24, 2.45) is 15.2 Å². The number of carboxylic acid groups (broad SMARTS) is 1. The monoisotopic (exact) mass is 402 g/mol. The second-order valence-corrected chi connectivity index (χ2v) is 6.62. The summed E-state index contributed by atoms with van der Waals surface area (Å²) in [5.41, 5.74) is 0.483. The van der Waals surface area contributed by atoms with E-state index in [1.165, 1.54) is 6.07 Å². The lowest BCUT2D eigenvalue weighted by Crippen LogP contribution is -2.22. The van der Waals surface area contributed by atoms with Crippen molar-refractivity contribution in [3.63, 3.8) is 0 Å². The van der Waals surface area contributed by atoms with Crippen molar-refractivity contribution >= 4 is 63.6 Å². The molecule has 0 saturated carbocycles. The fourth-order valence-corrected chi connectivity index (χ4v) is 2.65. The molecule has 11 heteroatoms. The van der Waals surface area contributed by atoms with Gasteiger partial charge in [0.25, 0.3) is 5.91 Å². The minimum atomic E-state index is -1.02. The summed E-state index contributed by atoms with van der Waals surface area (Å²) in [6.45, 7) is 0. The third-order valence-corrected chi connectivity index (χ3v) is 4.52. The van der Waals surface area contributed by atoms with Crippen LogP contribution in [0.2, 0.25) is 10.0 Å². The van der Waals surface area contributed by atoms with Crippen molar-refractivity contribution in [1.29, 1.82) is 0 Å². The number of anilines is 1. The van der Waals surface area contributed by atoms with E-state index in [9.17, 15) is 14.4 Å². The van der Waals surface area contributed by atoms with Crippen LogP contribution in [0.25, 0.3) is 0 Å². The van der Waals surface area contributed by atoms with Gasteiger partial charge in [-0.25, -0.2) is 0 Å². The third kappa shape index (κ3) is 6.11. The number of carbonyl (C=O) groups excluding carboxylic acids is 2. The lowest BCUT2D eigenvalue weighted by atomic mass is 10.1. The first-order valence-electron chi connectivity index (χ1n) is 6.98. The minimum Gasteiger partial charge on any atom is -0.481 e. The fraction of sp³-hybridized carbons (Fsp3) is 0.286. The molecule has 1 aromatic carbocycles. The Balaban J connectivity index is 1.83. The fourth-order valence-electron chi connectivity index (χ4n) is 1.76. The number of rotatable bonds is 6. The number of nitrogens with one attached hydrogen (secondary N) is 1. The number of amides is 2. The summed E-state index contributed by atoms with van der Waals surface area (Å²) in [4.78, 5) is 37.8. The highest BCUT2D eigenvalue weighted by atomic mass is 35.5. The van der Waals surface area contributed by atoms with Crippen molar-refractivity contribution in [3.8, 4) is 0 Å². The van der Waals surface area contributed by atoms with Crippen molar-refractivity contribution < 1.29 is 19.5 Å². The first-order valence-corrected chi connectivity index (χ1v) is 8.72. The number of thioether (sulfide) groups is 1. The molecule has 0 radical (unpaired) electrons. The van der Waals surface area contributed by atoms with Gasteiger partial charge in [-0.15, -0.1) is 5.11 Å². The molecular formula is C14H12Cl2N4O4S. The number of benzene rings is 1. The Morgan fingerprint density at radius 3 is 2.68 bits per heavy atom. The van der Waals surface area contributed by atoms with Gasteiger partial charge in [0, 0.05) is 12.1 Å². The third-order valence-electron chi connectivity index (χ3n) is 2.94. The summed E-state index contributed by atoms with van der Waals surface area (Å²) in [6.07, 6.45) is -0.156. The molecule has 0 spiro atoms. The Bertz CT molecular complexity index is 769. The molecule has 0 aromatic heterocycles. The second kappa shape index (κ2) is 8.93. The summed E-state index contributed by atoms with van der Waals surface area (Å²) in [5.74, 6) is -1.97. The van der Waals surface area contributed by atoms with E-state index in [2.05, 4.69) is 20.5 Å². The van der Waals surface area contributed by atoms with E-state index in [0.717, 1.165) is 11.8 Å². The van der Waals surface area contributed by atoms with E-state index in [4.69, 9.17) is 28.3 Å². The molecule has 1 aliphatic heterocycles. The van der Waals surface area contributed by atoms with Gasteiger partial charge in [0.1, 0.15) is 0 Å². The maximum atomic E-state index is 11.9. The summed E-state index contributed by atoms with van der Waals surface area (Å²) < 4.78 is 0. The predicted molar refractivity (Wildman–Crippen MR) is 95.5 cm³/mol.